The van der Waals surface area contributed by atoms with Gasteiger partial charge in [-0.1, -0.05) is 18.2 Å². The molecule has 0 unspecified atom stereocenters. The van der Waals surface area contributed by atoms with Crippen molar-refractivity contribution < 1.29 is 14.4 Å². The average Bonchev–Trinajstić information content (AvgIpc) is 2.64. The Labute approximate surface area is 141 Å². The first-order valence-corrected chi connectivity index (χ1v) is 7.91. The van der Waals surface area contributed by atoms with Gasteiger partial charge < -0.3 is 26.2 Å². The fourth-order valence-electron chi connectivity index (χ4n) is 2.45. The van der Waals surface area contributed by atoms with E-state index in [0.717, 1.165) is 18.8 Å². The fraction of sp³-hybridized carbons (Fsp3) is 0.438. The van der Waals surface area contributed by atoms with E-state index in [1.54, 1.807) is 4.90 Å². The number of benzene rings is 1. The summed E-state index contributed by atoms with van der Waals surface area (Å²) in [4.78, 5) is 38.6. The topological polar surface area (TPSA) is 108 Å². The molecule has 2 rings (SSSR count). The zero-order valence-corrected chi connectivity index (χ0v) is 13.5. The van der Waals surface area contributed by atoms with Crippen LogP contribution in [0.3, 0.4) is 0 Å². The molecule has 8 nitrogen and oxygen atoms in total. The largest absolute Gasteiger partial charge is 0.368 e. The van der Waals surface area contributed by atoms with Crippen LogP contribution in [0, 0.1) is 0 Å². The Kier molecular flexibility index (Phi) is 6.56. The predicted molar refractivity (Wildman–Crippen MR) is 90.3 cm³/mol. The Hall–Kier alpha value is -2.61. The van der Waals surface area contributed by atoms with Crippen LogP contribution in [0.1, 0.15) is 0 Å². The molecule has 1 fully saturated rings. The smallest absolute Gasteiger partial charge is 0.242 e. The van der Waals surface area contributed by atoms with E-state index in [-0.39, 0.29) is 25.5 Å². The number of anilines is 1. The third-order valence-electron chi connectivity index (χ3n) is 3.82. The number of carbonyl (C=O) groups excluding carboxylic acids is 3. The second-order valence-corrected chi connectivity index (χ2v) is 5.46. The van der Waals surface area contributed by atoms with Crippen molar-refractivity contribution in [3.63, 3.8) is 0 Å². The second kappa shape index (κ2) is 8.88. The summed E-state index contributed by atoms with van der Waals surface area (Å²) in [5.41, 5.74) is 6.27. The lowest BCUT2D eigenvalue weighted by Gasteiger charge is -2.36. The number of para-hydroxylation sites is 1. The maximum absolute atomic E-state index is 12.1. The molecule has 8 heteroatoms. The molecule has 0 spiro atoms. The molecular formula is C16H23N5O3. The molecule has 1 aromatic rings. The van der Waals surface area contributed by atoms with Gasteiger partial charge in [-0.3, -0.25) is 14.4 Å². The van der Waals surface area contributed by atoms with Crippen molar-refractivity contribution in [3.8, 4) is 0 Å². The number of rotatable bonds is 6. The predicted octanol–water partition coefficient (Wildman–Crippen LogP) is -1.47. The van der Waals surface area contributed by atoms with Crippen molar-refractivity contribution in [2.75, 3.05) is 50.7 Å². The minimum Gasteiger partial charge on any atom is -0.368 e. The summed E-state index contributed by atoms with van der Waals surface area (Å²) in [6, 6.07) is 10.1. The standard InChI is InChI=1S/C16H23N5O3/c17-10-14(22)18-11-15(23)19-12-16(24)21-8-6-20(7-9-21)13-4-2-1-3-5-13/h1-5H,6-12,17H2,(H,18,22)(H,19,23). The molecule has 0 aliphatic carbocycles. The van der Waals surface area contributed by atoms with Crippen LogP contribution < -0.4 is 21.3 Å². The minimum absolute atomic E-state index is 0.0668. The molecule has 4 N–H and O–H groups in total. The van der Waals surface area contributed by atoms with Gasteiger partial charge in [0.05, 0.1) is 19.6 Å². The first-order chi connectivity index (χ1) is 11.6. The van der Waals surface area contributed by atoms with E-state index in [4.69, 9.17) is 5.73 Å². The highest BCUT2D eigenvalue weighted by Crippen LogP contribution is 2.15. The Morgan fingerprint density at radius 3 is 2.17 bits per heavy atom. The fourth-order valence-corrected chi connectivity index (χ4v) is 2.45. The number of hydrogen-bond acceptors (Lipinski definition) is 5. The van der Waals surface area contributed by atoms with Gasteiger partial charge in [-0.15, -0.1) is 0 Å². The molecule has 0 aromatic heterocycles. The van der Waals surface area contributed by atoms with Gasteiger partial charge in [0.1, 0.15) is 0 Å². The molecule has 3 amide bonds. The molecule has 0 bridgehead atoms. The van der Waals surface area contributed by atoms with E-state index >= 15 is 0 Å². The Morgan fingerprint density at radius 1 is 0.917 bits per heavy atom. The van der Waals surface area contributed by atoms with E-state index in [9.17, 15) is 14.4 Å². The molecule has 1 heterocycles. The van der Waals surface area contributed by atoms with Crippen molar-refractivity contribution in [2.24, 2.45) is 5.73 Å². The third kappa shape index (κ3) is 5.24. The monoisotopic (exact) mass is 333 g/mol. The Morgan fingerprint density at radius 2 is 1.54 bits per heavy atom. The van der Waals surface area contributed by atoms with Crippen LogP contribution in [0.2, 0.25) is 0 Å². The highest BCUT2D eigenvalue weighted by atomic mass is 16.2. The summed E-state index contributed by atoms with van der Waals surface area (Å²) in [5, 5.41) is 4.85. The molecule has 1 saturated heterocycles. The van der Waals surface area contributed by atoms with Gasteiger partial charge in [-0.05, 0) is 12.1 Å². The lowest BCUT2D eigenvalue weighted by atomic mass is 10.2. The lowest BCUT2D eigenvalue weighted by Crippen LogP contribution is -2.51. The van der Waals surface area contributed by atoms with Gasteiger partial charge >= 0.3 is 0 Å². The van der Waals surface area contributed by atoms with E-state index in [0.29, 0.717) is 13.1 Å². The van der Waals surface area contributed by atoms with Gasteiger partial charge in [-0.2, -0.15) is 0 Å². The first-order valence-electron chi connectivity index (χ1n) is 7.91. The van der Waals surface area contributed by atoms with Gasteiger partial charge in [0, 0.05) is 31.9 Å². The minimum atomic E-state index is -0.409. The van der Waals surface area contributed by atoms with Crippen LogP contribution in [0.4, 0.5) is 5.69 Å². The highest BCUT2D eigenvalue weighted by molar-refractivity contribution is 5.88. The van der Waals surface area contributed by atoms with Crippen LogP contribution in [-0.4, -0.2) is 68.4 Å². The number of hydrogen-bond donors (Lipinski definition) is 3. The molecular weight excluding hydrogens is 310 g/mol. The summed E-state index contributed by atoms with van der Waals surface area (Å²) in [7, 11) is 0. The van der Waals surface area contributed by atoms with Crippen molar-refractivity contribution in [1.29, 1.82) is 0 Å². The number of nitrogens with zero attached hydrogens (tertiary/aromatic N) is 2. The van der Waals surface area contributed by atoms with Crippen molar-refractivity contribution >= 4 is 23.4 Å². The summed E-state index contributed by atoms with van der Waals surface area (Å²) < 4.78 is 0. The maximum Gasteiger partial charge on any atom is 0.242 e. The Bertz CT molecular complexity index is 570. The molecule has 24 heavy (non-hydrogen) atoms. The molecule has 0 atom stereocenters. The lowest BCUT2D eigenvalue weighted by molar-refractivity contribution is -0.133. The van der Waals surface area contributed by atoms with E-state index in [1.165, 1.54) is 0 Å². The summed E-state index contributed by atoms with van der Waals surface area (Å²) in [6.07, 6.45) is 0. The van der Waals surface area contributed by atoms with E-state index < -0.39 is 11.8 Å². The number of nitrogens with two attached hydrogens (primary N) is 1. The highest BCUT2D eigenvalue weighted by Gasteiger charge is 2.21. The Balaban J connectivity index is 1.69. The normalized spacial score (nSPS) is 14.2. The summed E-state index contributed by atoms with van der Waals surface area (Å²) in [6.45, 7) is 2.35. The molecule has 130 valence electrons. The summed E-state index contributed by atoms with van der Waals surface area (Å²) >= 11 is 0. The van der Waals surface area contributed by atoms with Crippen LogP contribution in [-0.2, 0) is 14.4 Å². The first kappa shape index (κ1) is 17.7. The maximum atomic E-state index is 12.1. The SMILES string of the molecule is NCC(=O)NCC(=O)NCC(=O)N1CCN(c2ccccc2)CC1. The van der Waals surface area contributed by atoms with Crippen molar-refractivity contribution in [2.45, 2.75) is 0 Å². The molecule has 0 saturated carbocycles. The second-order valence-electron chi connectivity index (χ2n) is 5.46. The van der Waals surface area contributed by atoms with E-state index in [1.807, 2.05) is 30.3 Å². The average molecular weight is 333 g/mol. The van der Waals surface area contributed by atoms with Crippen LogP contribution in [0.25, 0.3) is 0 Å². The van der Waals surface area contributed by atoms with Gasteiger partial charge in [0.25, 0.3) is 0 Å². The third-order valence-corrected chi connectivity index (χ3v) is 3.82. The molecule has 1 aliphatic heterocycles. The van der Waals surface area contributed by atoms with Gasteiger partial charge in [0.15, 0.2) is 0 Å². The van der Waals surface area contributed by atoms with Crippen LogP contribution >= 0.6 is 0 Å². The van der Waals surface area contributed by atoms with Crippen LogP contribution in [0.5, 0.6) is 0 Å². The summed E-state index contributed by atoms with van der Waals surface area (Å²) in [5.74, 6) is -0.942. The molecule has 0 radical (unpaired) electrons. The number of piperazine rings is 1. The van der Waals surface area contributed by atoms with E-state index in [2.05, 4.69) is 15.5 Å². The molecule has 1 aliphatic rings. The van der Waals surface area contributed by atoms with Gasteiger partial charge in [-0.25, -0.2) is 0 Å². The quantitative estimate of drug-likeness (QED) is 0.589. The zero-order chi connectivity index (χ0) is 17.4. The van der Waals surface area contributed by atoms with Crippen LogP contribution in [0.15, 0.2) is 30.3 Å². The van der Waals surface area contributed by atoms with Crippen molar-refractivity contribution in [3.05, 3.63) is 30.3 Å². The molecule has 1 aromatic carbocycles. The zero-order valence-electron chi connectivity index (χ0n) is 13.5. The number of nitrogens with one attached hydrogen (secondary N) is 2. The number of carbonyl (C=O) groups is 3. The number of amides is 3. The van der Waals surface area contributed by atoms with Crippen molar-refractivity contribution in [1.82, 2.24) is 15.5 Å². The van der Waals surface area contributed by atoms with Gasteiger partial charge in [0.2, 0.25) is 17.7 Å².